The van der Waals surface area contributed by atoms with E-state index in [0.717, 1.165) is 21.5 Å². The molecule has 0 saturated heterocycles. The van der Waals surface area contributed by atoms with Gasteiger partial charge in [0.25, 0.3) is 5.91 Å². The topological polar surface area (TPSA) is 107 Å². The van der Waals surface area contributed by atoms with Crippen LogP contribution in [0, 0.1) is 6.92 Å². The monoisotopic (exact) mass is 410 g/mol. The van der Waals surface area contributed by atoms with Gasteiger partial charge in [-0.15, -0.1) is 11.3 Å². The highest BCUT2D eigenvalue weighted by molar-refractivity contribution is 7.13. The predicted octanol–water partition coefficient (Wildman–Crippen LogP) is 3.71. The summed E-state index contributed by atoms with van der Waals surface area (Å²) in [5.41, 5.74) is 9.26. The van der Waals surface area contributed by atoms with Crippen molar-refractivity contribution < 1.29 is 14.3 Å². The zero-order valence-electron chi connectivity index (χ0n) is 16.2. The maximum Gasteiger partial charge on any atom is 0.268 e. The molecule has 2 atom stereocenters. The lowest BCUT2D eigenvalue weighted by Gasteiger charge is -2.21. The normalized spacial score (nSPS) is 13.6. The van der Waals surface area contributed by atoms with Crippen LogP contribution in [0.25, 0.3) is 21.9 Å². The Morgan fingerprint density at radius 3 is 2.90 bits per heavy atom. The summed E-state index contributed by atoms with van der Waals surface area (Å²) >= 11 is 1.61. The van der Waals surface area contributed by atoms with Crippen molar-refractivity contribution >= 4 is 28.3 Å². The lowest BCUT2D eigenvalue weighted by atomic mass is 10.0. The quantitative estimate of drug-likeness (QED) is 0.483. The van der Waals surface area contributed by atoms with Gasteiger partial charge < -0.3 is 19.8 Å². The number of aromatic nitrogens is 3. The maximum absolute atomic E-state index is 11.3. The molecule has 1 amide bonds. The van der Waals surface area contributed by atoms with Crippen LogP contribution < -0.4 is 5.73 Å². The molecule has 0 aliphatic rings. The fourth-order valence-corrected chi connectivity index (χ4v) is 4.26. The number of rotatable bonds is 7. The summed E-state index contributed by atoms with van der Waals surface area (Å²) in [5, 5.41) is 12.3. The fraction of sp³-hybridized carbons (Fsp3) is 0.286. The van der Waals surface area contributed by atoms with Gasteiger partial charge in [0.1, 0.15) is 11.2 Å². The lowest BCUT2D eigenvalue weighted by Crippen LogP contribution is -2.21. The number of aliphatic hydroxyl groups excluding tert-OH is 1. The van der Waals surface area contributed by atoms with Gasteiger partial charge in [-0.3, -0.25) is 4.79 Å². The summed E-state index contributed by atoms with van der Waals surface area (Å²) in [6.07, 6.45) is 3.80. The highest BCUT2D eigenvalue weighted by atomic mass is 32.1. The number of nitrogens with zero attached hydrogens (tertiary/aromatic N) is 3. The van der Waals surface area contributed by atoms with E-state index in [2.05, 4.69) is 21.4 Å². The van der Waals surface area contributed by atoms with Gasteiger partial charge in [-0.25, -0.2) is 9.97 Å². The molecule has 1 aromatic carbocycles. The number of hydrogen-bond acceptors (Lipinski definition) is 6. The maximum atomic E-state index is 11.3. The molecule has 0 spiro atoms. The molecule has 0 fully saturated rings. The van der Waals surface area contributed by atoms with Gasteiger partial charge in [-0.2, -0.15) is 0 Å². The van der Waals surface area contributed by atoms with Crippen LogP contribution in [-0.4, -0.2) is 31.7 Å². The van der Waals surface area contributed by atoms with Crippen LogP contribution in [0.5, 0.6) is 0 Å². The first kappa shape index (κ1) is 19.4. The van der Waals surface area contributed by atoms with E-state index in [0.29, 0.717) is 18.7 Å². The summed E-state index contributed by atoms with van der Waals surface area (Å²) in [5.74, 6) is 0.0363. The molecule has 3 aromatic heterocycles. The number of imidazole rings is 1. The molecular formula is C21H22N4O3S. The van der Waals surface area contributed by atoms with Crippen molar-refractivity contribution in [2.24, 2.45) is 5.73 Å². The van der Waals surface area contributed by atoms with Crippen LogP contribution in [0.3, 0.4) is 0 Å². The van der Waals surface area contributed by atoms with E-state index in [4.69, 9.17) is 10.2 Å². The Balaban J connectivity index is 1.59. The van der Waals surface area contributed by atoms with Crippen LogP contribution in [0.4, 0.5) is 0 Å². The zero-order valence-corrected chi connectivity index (χ0v) is 17.0. The average molecular weight is 410 g/mol. The summed E-state index contributed by atoms with van der Waals surface area (Å²) < 4.78 is 7.83. The summed E-state index contributed by atoms with van der Waals surface area (Å²) in [6, 6.07) is 7.73. The van der Waals surface area contributed by atoms with Crippen molar-refractivity contribution in [3.63, 3.8) is 0 Å². The third kappa shape index (κ3) is 3.94. The number of nitrogens with two attached hydrogens (primary N) is 1. The Kier molecular flexibility index (Phi) is 5.21. The Bertz CT molecular complexity index is 1160. The molecule has 0 aliphatic heterocycles. The second kappa shape index (κ2) is 7.81. The highest BCUT2D eigenvalue weighted by Crippen LogP contribution is 2.31. The van der Waals surface area contributed by atoms with Crippen molar-refractivity contribution in [3.05, 3.63) is 59.0 Å². The summed E-state index contributed by atoms with van der Waals surface area (Å²) in [4.78, 5) is 21.0. The number of oxazole rings is 1. The molecular weight excluding hydrogens is 388 g/mol. The molecule has 29 heavy (non-hydrogen) atoms. The highest BCUT2D eigenvalue weighted by Gasteiger charge is 2.20. The number of fused-ring (bicyclic) bond motifs is 1. The minimum atomic E-state index is -0.622. The number of carbonyl (C=O) groups is 1. The van der Waals surface area contributed by atoms with Crippen molar-refractivity contribution in [3.8, 4) is 10.8 Å². The molecule has 0 aliphatic carbocycles. The number of benzene rings is 1. The van der Waals surface area contributed by atoms with E-state index in [1.807, 2.05) is 25.1 Å². The van der Waals surface area contributed by atoms with Crippen LogP contribution in [0.1, 0.15) is 41.0 Å². The first-order valence-corrected chi connectivity index (χ1v) is 10.3. The van der Waals surface area contributed by atoms with Gasteiger partial charge in [-0.05, 0) is 55.3 Å². The van der Waals surface area contributed by atoms with Gasteiger partial charge in [-0.1, -0.05) is 12.1 Å². The number of hydrogen-bond donors (Lipinski definition) is 2. The number of primary amides is 1. The van der Waals surface area contributed by atoms with E-state index >= 15 is 0 Å². The predicted molar refractivity (Wildman–Crippen MR) is 112 cm³/mol. The van der Waals surface area contributed by atoms with Crippen molar-refractivity contribution in [2.45, 2.75) is 38.8 Å². The minimum absolute atomic E-state index is 0.184. The Labute approximate surface area is 171 Å². The van der Waals surface area contributed by atoms with E-state index in [9.17, 15) is 9.90 Å². The smallest absolute Gasteiger partial charge is 0.268 e. The number of aliphatic hydroxyl groups is 1. The number of aryl methyl sites for hydroxylation is 2. The summed E-state index contributed by atoms with van der Waals surface area (Å²) in [7, 11) is 0. The minimum Gasteiger partial charge on any atom is -0.435 e. The van der Waals surface area contributed by atoms with Crippen molar-refractivity contribution in [1.29, 1.82) is 0 Å². The van der Waals surface area contributed by atoms with E-state index < -0.39 is 12.0 Å². The van der Waals surface area contributed by atoms with Crippen molar-refractivity contribution in [2.75, 3.05) is 0 Å². The van der Waals surface area contributed by atoms with Crippen LogP contribution in [0.2, 0.25) is 0 Å². The molecule has 4 aromatic rings. The molecule has 4 rings (SSSR count). The third-order valence-electron chi connectivity index (χ3n) is 4.94. The van der Waals surface area contributed by atoms with Crippen molar-refractivity contribution in [1.82, 2.24) is 14.5 Å². The summed E-state index contributed by atoms with van der Waals surface area (Å²) in [6.45, 7) is 3.77. The average Bonchev–Trinajstić information content (AvgIpc) is 3.40. The Hall–Kier alpha value is -2.97. The molecule has 150 valence electrons. The molecule has 0 bridgehead atoms. The largest absolute Gasteiger partial charge is 0.435 e. The third-order valence-corrected chi connectivity index (χ3v) is 5.98. The van der Waals surface area contributed by atoms with E-state index in [1.165, 1.54) is 11.9 Å². The number of thiophene rings is 1. The molecule has 3 N–H and O–H groups in total. The molecule has 8 heteroatoms. The SMILES string of the molecule is Cc1csc(-c2nc3cccc(CC[C@H]([C@H](C)O)n4cnc(C(N)=O)c4)c3o2)c1. The number of para-hydroxylation sites is 1. The second-order valence-electron chi connectivity index (χ2n) is 7.19. The van der Waals surface area contributed by atoms with Gasteiger partial charge in [0.05, 0.1) is 23.4 Å². The second-order valence-corrected chi connectivity index (χ2v) is 8.10. The fourth-order valence-electron chi connectivity index (χ4n) is 3.44. The Morgan fingerprint density at radius 1 is 1.41 bits per heavy atom. The number of amides is 1. The zero-order chi connectivity index (χ0) is 20.5. The molecule has 0 radical (unpaired) electrons. The molecule has 3 heterocycles. The van der Waals surface area contributed by atoms with E-state index in [1.54, 1.807) is 29.0 Å². The molecule has 0 unspecified atom stereocenters. The standard InChI is InChI=1S/C21H22N4O3S/c1-12-8-18(29-10-12)21-24-15-5-3-4-14(19(15)28-21)6-7-17(13(2)26)25-9-16(20(22)27)23-11-25/h3-5,8-11,13,17,26H,6-7H2,1-2H3,(H2,22,27)/t13-,17+/m0/s1. The molecule has 0 saturated carbocycles. The van der Waals surface area contributed by atoms with Gasteiger partial charge in [0.2, 0.25) is 5.89 Å². The van der Waals surface area contributed by atoms with Crippen LogP contribution >= 0.6 is 11.3 Å². The first-order valence-electron chi connectivity index (χ1n) is 9.37. The van der Waals surface area contributed by atoms with Crippen LogP contribution in [-0.2, 0) is 6.42 Å². The van der Waals surface area contributed by atoms with E-state index in [-0.39, 0.29) is 11.7 Å². The van der Waals surface area contributed by atoms with Gasteiger partial charge in [0, 0.05) is 6.20 Å². The van der Waals surface area contributed by atoms with Gasteiger partial charge in [0.15, 0.2) is 5.58 Å². The Morgan fingerprint density at radius 2 is 2.24 bits per heavy atom. The number of carbonyl (C=O) groups excluding carboxylic acids is 1. The molecule has 7 nitrogen and oxygen atoms in total. The van der Waals surface area contributed by atoms with Gasteiger partial charge >= 0.3 is 0 Å². The lowest BCUT2D eigenvalue weighted by molar-refractivity contribution is 0.0994. The van der Waals surface area contributed by atoms with Crippen LogP contribution in [0.15, 0.2) is 46.6 Å². The first-order chi connectivity index (χ1) is 13.9.